The summed E-state index contributed by atoms with van der Waals surface area (Å²) in [6.07, 6.45) is 4.30. The highest BCUT2D eigenvalue weighted by atomic mass is 79.9. The zero-order valence-corrected chi connectivity index (χ0v) is 18.6. The Bertz CT molecular complexity index is 764. The number of sulfonamides is 1. The van der Waals surface area contributed by atoms with E-state index in [0.717, 1.165) is 19.3 Å². The van der Waals surface area contributed by atoms with E-state index < -0.39 is 15.7 Å². The molecule has 3 aliphatic rings. The molecule has 3 saturated carbocycles. The highest BCUT2D eigenvalue weighted by Crippen LogP contribution is 2.48. The van der Waals surface area contributed by atoms with E-state index in [2.05, 4.69) is 41.9 Å². The third-order valence-electron chi connectivity index (χ3n) is 5.57. The summed E-state index contributed by atoms with van der Waals surface area (Å²) in [7, 11) is -2.18. The Hall–Kier alpha value is -0.220. The number of halogens is 3. The maximum atomic E-state index is 14.2. The SMILES string of the molecule is COc1cc(S(=O)(=O)NCCNC23CCC(F)(CC2)CC3)c(Br)cc1Br. The smallest absolute Gasteiger partial charge is 0.241 e. The van der Waals surface area contributed by atoms with E-state index in [9.17, 15) is 12.8 Å². The number of rotatable bonds is 7. The molecule has 4 rings (SSSR count). The molecule has 0 spiro atoms. The summed E-state index contributed by atoms with van der Waals surface area (Å²) in [5.74, 6) is 0.449. The molecule has 1 aromatic carbocycles. The minimum atomic E-state index is -3.67. The molecule has 146 valence electrons. The van der Waals surface area contributed by atoms with Gasteiger partial charge in [0.05, 0.1) is 16.5 Å². The Kier molecular flexibility index (Phi) is 6.04. The first kappa shape index (κ1) is 20.5. The summed E-state index contributed by atoms with van der Waals surface area (Å²) in [5.41, 5.74) is -0.987. The van der Waals surface area contributed by atoms with Gasteiger partial charge in [0.25, 0.3) is 0 Å². The van der Waals surface area contributed by atoms with Crippen molar-refractivity contribution in [2.24, 2.45) is 0 Å². The molecule has 0 amide bonds. The van der Waals surface area contributed by atoms with E-state index in [4.69, 9.17) is 4.74 Å². The van der Waals surface area contributed by atoms with Gasteiger partial charge in [-0.1, -0.05) is 0 Å². The predicted octanol–water partition coefficient (Wildman–Crippen LogP) is 3.90. The standard InChI is InChI=1S/C17H23Br2FN2O3S/c1-25-14-11-15(13(19)10-12(14)18)26(23,24)22-9-8-21-17-5-2-16(20,3-6-17)4-7-17/h10-11,21-22H,2-9H2,1H3. The van der Waals surface area contributed by atoms with Crippen molar-refractivity contribution in [1.82, 2.24) is 10.0 Å². The number of hydrogen-bond donors (Lipinski definition) is 2. The summed E-state index contributed by atoms with van der Waals surface area (Å²) in [6, 6.07) is 3.13. The van der Waals surface area contributed by atoms with Gasteiger partial charge in [-0.3, -0.25) is 0 Å². The third kappa shape index (κ3) is 4.27. The average molecular weight is 514 g/mol. The molecular weight excluding hydrogens is 491 g/mol. The minimum Gasteiger partial charge on any atom is -0.496 e. The van der Waals surface area contributed by atoms with Gasteiger partial charge in [-0.05, 0) is 76.5 Å². The third-order valence-corrected chi connectivity index (χ3v) is 8.61. The van der Waals surface area contributed by atoms with Gasteiger partial charge in [0.1, 0.15) is 11.4 Å². The van der Waals surface area contributed by atoms with E-state index in [-0.39, 0.29) is 17.0 Å². The predicted molar refractivity (Wildman–Crippen MR) is 106 cm³/mol. The van der Waals surface area contributed by atoms with Crippen LogP contribution in [0.15, 0.2) is 26.0 Å². The van der Waals surface area contributed by atoms with Gasteiger partial charge in [0, 0.05) is 29.2 Å². The molecule has 3 aliphatic carbocycles. The Balaban J connectivity index is 1.58. The van der Waals surface area contributed by atoms with Gasteiger partial charge in [-0.2, -0.15) is 0 Å². The summed E-state index contributed by atoms with van der Waals surface area (Å²) in [4.78, 5) is 0.133. The minimum absolute atomic E-state index is 0.0271. The normalized spacial score (nSPS) is 28.3. The van der Waals surface area contributed by atoms with Gasteiger partial charge in [0.2, 0.25) is 10.0 Å². The summed E-state index contributed by atoms with van der Waals surface area (Å²) in [5, 5.41) is 3.47. The van der Waals surface area contributed by atoms with Gasteiger partial charge in [-0.15, -0.1) is 0 Å². The van der Waals surface area contributed by atoms with E-state index in [0.29, 0.717) is 40.5 Å². The molecule has 0 atom stereocenters. The first-order valence-corrected chi connectivity index (χ1v) is 11.7. The quantitative estimate of drug-likeness (QED) is 0.542. The van der Waals surface area contributed by atoms with E-state index >= 15 is 0 Å². The van der Waals surface area contributed by atoms with Gasteiger partial charge in [0.15, 0.2) is 0 Å². The van der Waals surface area contributed by atoms with Crippen LogP contribution in [0.3, 0.4) is 0 Å². The Morgan fingerprint density at radius 3 is 2.27 bits per heavy atom. The fourth-order valence-electron chi connectivity index (χ4n) is 3.87. The van der Waals surface area contributed by atoms with Crippen molar-refractivity contribution >= 4 is 41.9 Å². The van der Waals surface area contributed by atoms with E-state index in [1.54, 1.807) is 6.07 Å². The Morgan fingerprint density at radius 2 is 1.69 bits per heavy atom. The maximum Gasteiger partial charge on any atom is 0.241 e. The first-order chi connectivity index (χ1) is 12.2. The van der Waals surface area contributed by atoms with Crippen LogP contribution in [0.2, 0.25) is 0 Å². The van der Waals surface area contributed by atoms with Crippen LogP contribution in [0.5, 0.6) is 5.75 Å². The van der Waals surface area contributed by atoms with Crippen LogP contribution in [0, 0.1) is 0 Å². The molecule has 0 aliphatic heterocycles. The molecular formula is C17H23Br2FN2O3S. The molecule has 0 saturated heterocycles. The van der Waals surface area contributed by atoms with E-state index in [1.807, 2.05) is 0 Å². The second-order valence-electron chi connectivity index (χ2n) is 7.17. The first-order valence-electron chi connectivity index (χ1n) is 8.65. The van der Waals surface area contributed by atoms with Crippen molar-refractivity contribution in [2.75, 3.05) is 20.2 Å². The van der Waals surface area contributed by atoms with Crippen molar-refractivity contribution in [2.45, 2.75) is 54.6 Å². The monoisotopic (exact) mass is 512 g/mol. The number of benzene rings is 1. The number of nitrogens with one attached hydrogen (secondary N) is 2. The van der Waals surface area contributed by atoms with Crippen molar-refractivity contribution in [3.05, 3.63) is 21.1 Å². The lowest BCUT2D eigenvalue weighted by Crippen LogP contribution is -2.57. The molecule has 3 fully saturated rings. The number of alkyl halides is 1. The molecule has 5 nitrogen and oxygen atoms in total. The number of fused-ring (bicyclic) bond motifs is 3. The average Bonchev–Trinajstić information content (AvgIpc) is 2.60. The van der Waals surface area contributed by atoms with Gasteiger partial charge in [-0.25, -0.2) is 17.5 Å². The largest absolute Gasteiger partial charge is 0.496 e. The van der Waals surface area contributed by atoms with Crippen LogP contribution in [-0.2, 0) is 10.0 Å². The van der Waals surface area contributed by atoms with Crippen LogP contribution in [-0.4, -0.2) is 39.8 Å². The molecule has 0 radical (unpaired) electrons. The molecule has 2 bridgehead atoms. The molecule has 9 heteroatoms. The molecule has 0 heterocycles. The zero-order chi connectivity index (χ0) is 19.0. The fourth-order valence-corrected chi connectivity index (χ4v) is 6.77. The fraction of sp³-hybridized carbons (Fsp3) is 0.647. The van der Waals surface area contributed by atoms with E-state index in [1.165, 1.54) is 13.2 Å². The highest BCUT2D eigenvalue weighted by molar-refractivity contribution is 9.11. The van der Waals surface area contributed by atoms with Crippen molar-refractivity contribution < 1.29 is 17.5 Å². The van der Waals surface area contributed by atoms with Crippen LogP contribution >= 0.6 is 31.9 Å². The molecule has 0 aromatic heterocycles. The number of methoxy groups -OCH3 is 1. The molecule has 26 heavy (non-hydrogen) atoms. The van der Waals surface area contributed by atoms with Crippen molar-refractivity contribution in [3.63, 3.8) is 0 Å². The van der Waals surface area contributed by atoms with Crippen LogP contribution in [0.25, 0.3) is 0 Å². The molecule has 2 N–H and O–H groups in total. The summed E-state index contributed by atoms with van der Waals surface area (Å²) in [6.45, 7) is 0.791. The summed E-state index contributed by atoms with van der Waals surface area (Å²) < 4.78 is 48.4. The lowest BCUT2D eigenvalue weighted by atomic mass is 9.64. The second kappa shape index (κ2) is 7.66. The lowest BCUT2D eigenvalue weighted by Gasteiger charge is -2.50. The molecule has 0 unspecified atom stereocenters. The second-order valence-corrected chi connectivity index (χ2v) is 10.6. The highest BCUT2D eigenvalue weighted by Gasteiger charge is 2.48. The Labute approximate surface area is 170 Å². The maximum absolute atomic E-state index is 14.2. The lowest BCUT2D eigenvalue weighted by molar-refractivity contribution is -0.00762. The van der Waals surface area contributed by atoms with Crippen molar-refractivity contribution in [1.29, 1.82) is 0 Å². The Morgan fingerprint density at radius 1 is 1.08 bits per heavy atom. The van der Waals surface area contributed by atoms with Crippen LogP contribution in [0.4, 0.5) is 4.39 Å². The topological polar surface area (TPSA) is 67.4 Å². The molecule has 1 aromatic rings. The van der Waals surface area contributed by atoms with Crippen molar-refractivity contribution in [3.8, 4) is 5.75 Å². The van der Waals surface area contributed by atoms with Crippen LogP contribution in [0.1, 0.15) is 38.5 Å². The zero-order valence-electron chi connectivity index (χ0n) is 14.6. The summed E-state index contributed by atoms with van der Waals surface area (Å²) >= 11 is 6.62. The van der Waals surface area contributed by atoms with Gasteiger partial charge < -0.3 is 10.1 Å². The number of hydrogen-bond acceptors (Lipinski definition) is 4. The van der Waals surface area contributed by atoms with Crippen LogP contribution < -0.4 is 14.8 Å². The number of ether oxygens (including phenoxy) is 1. The van der Waals surface area contributed by atoms with Gasteiger partial charge >= 0.3 is 0 Å².